The molecule has 1 atom stereocenters. The maximum Gasteiger partial charge on any atom is 0.217 e. The van der Waals surface area contributed by atoms with Crippen molar-refractivity contribution in [2.75, 3.05) is 40.0 Å². The molecule has 40 heavy (non-hydrogen) atoms. The topological polar surface area (TPSA) is 95.8 Å². The van der Waals surface area contributed by atoms with Crippen molar-refractivity contribution in [1.29, 1.82) is 0 Å². The predicted octanol–water partition coefficient (Wildman–Crippen LogP) is 2.43. The molecule has 0 aromatic heterocycles. The molecule has 1 unspecified atom stereocenters. The van der Waals surface area contributed by atoms with Gasteiger partial charge in [0, 0.05) is 29.8 Å². The van der Waals surface area contributed by atoms with E-state index in [4.69, 9.17) is 9.47 Å². The second-order valence-electron chi connectivity index (χ2n) is 10.3. The lowest BCUT2D eigenvalue weighted by molar-refractivity contribution is -1.20. The molecule has 3 aromatic rings. The fourth-order valence-corrected chi connectivity index (χ4v) is 5.61. The number of hydrogen-bond donors (Lipinski definition) is 3. The van der Waals surface area contributed by atoms with Gasteiger partial charge in [0.1, 0.15) is 5.75 Å². The van der Waals surface area contributed by atoms with Crippen molar-refractivity contribution in [3.05, 3.63) is 100 Å². The molecule has 0 bridgehead atoms. The Bertz CT molecular complexity index is 1460. The van der Waals surface area contributed by atoms with Gasteiger partial charge in [0.15, 0.2) is 11.4 Å². The number of Topliss-reactive ketones (excluding diaryl/α,β-unsaturated/α-hetero) is 2. The second kappa shape index (κ2) is 11.2. The zero-order valence-corrected chi connectivity index (χ0v) is 22.5. The van der Waals surface area contributed by atoms with Crippen LogP contribution in [0.3, 0.4) is 0 Å². The van der Waals surface area contributed by atoms with E-state index in [0.29, 0.717) is 11.1 Å². The molecule has 0 radical (unpaired) electrons. The molecule has 0 saturated carbocycles. The summed E-state index contributed by atoms with van der Waals surface area (Å²) in [6, 6.07) is 21.0. The summed E-state index contributed by atoms with van der Waals surface area (Å²) in [4.78, 5) is 28.6. The third-order valence-corrected chi connectivity index (χ3v) is 7.77. The second-order valence-corrected chi connectivity index (χ2v) is 10.3. The van der Waals surface area contributed by atoms with E-state index in [1.54, 1.807) is 31.4 Å². The van der Waals surface area contributed by atoms with Gasteiger partial charge in [-0.05, 0) is 47.4 Å². The van der Waals surface area contributed by atoms with Gasteiger partial charge in [-0.15, -0.1) is 0 Å². The number of morpholine rings is 1. The Morgan fingerprint density at radius 1 is 0.925 bits per heavy atom. The van der Waals surface area contributed by atoms with Crippen LogP contribution in [0.25, 0.3) is 11.1 Å². The third-order valence-electron chi connectivity index (χ3n) is 7.77. The summed E-state index contributed by atoms with van der Waals surface area (Å²) in [6.45, 7) is 4.95. The predicted molar refractivity (Wildman–Crippen MR) is 148 cm³/mol. The van der Waals surface area contributed by atoms with Gasteiger partial charge in [0.25, 0.3) is 0 Å². The van der Waals surface area contributed by atoms with E-state index in [2.05, 4.69) is 28.5 Å². The van der Waals surface area contributed by atoms with Gasteiger partial charge in [-0.3, -0.25) is 14.5 Å². The van der Waals surface area contributed by atoms with Crippen molar-refractivity contribution >= 4 is 11.6 Å². The molecule has 2 heterocycles. The number of allylic oxidation sites excluding steroid dienone is 2. The first-order chi connectivity index (χ1) is 19.5. The van der Waals surface area contributed by atoms with E-state index in [0.717, 1.165) is 68.1 Å². The maximum atomic E-state index is 13.2. The average Bonchev–Trinajstić information content (AvgIpc) is 3.32. The molecule has 9 heteroatoms. The highest BCUT2D eigenvalue weighted by Crippen LogP contribution is 2.32. The van der Waals surface area contributed by atoms with Gasteiger partial charge in [0.2, 0.25) is 11.6 Å². The quantitative estimate of drug-likeness (QED) is 0.400. The normalized spacial score (nSPS) is 18.9. The molecule has 3 N–H and O–H groups in total. The lowest BCUT2D eigenvalue weighted by Gasteiger charge is -2.26. The number of carbonyl (C=O) groups excluding carboxylic acids is 2. The van der Waals surface area contributed by atoms with Crippen LogP contribution in [0.4, 0.5) is 0 Å². The van der Waals surface area contributed by atoms with Crippen LogP contribution in [-0.2, 0) is 17.7 Å². The Hall–Kier alpha value is -4.02. The van der Waals surface area contributed by atoms with Crippen molar-refractivity contribution < 1.29 is 29.6 Å². The van der Waals surface area contributed by atoms with Gasteiger partial charge in [0.05, 0.1) is 26.9 Å². The molecule has 3 aromatic carbocycles. The van der Waals surface area contributed by atoms with Crippen LogP contribution < -0.4 is 15.4 Å². The molecule has 9 nitrogen and oxygen atoms in total. The maximum absolute atomic E-state index is 13.2. The Morgan fingerprint density at radius 3 is 2.35 bits per heavy atom. The lowest BCUT2D eigenvalue weighted by Crippen LogP contribution is -3.19. The monoisotopic (exact) mass is 541 g/mol. The number of aryl methyl sites for hydroxylation is 1. The molecule has 0 spiro atoms. The number of ether oxygens (including phenoxy) is 2. The molecule has 6 rings (SSSR count). The molecular formula is C31H33N4O5+. The van der Waals surface area contributed by atoms with Crippen LogP contribution in [0.2, 0.25) is 0 Å². The van der Waals surface area contributed by atoms with E-state index in [-0.39, 0.29) is 34.8 Å². The first-order valence-electron chi connectivity index (χ1n) is 13.6. The Morgan fingerprint density at radius 2 is 1.62 bits per heavy atom. The van der Waals surface area contributed by atoms with Crippen LogP contribution in [-0.4, -0.2) is 66.6 Å². The van der Waals surface area contributed by atoms with Crippen LogP contribution in [0.5, 0.6) is 5.75 Å². The minimum Gasteiger partial charge on any atom is -0.496 e. The summed E-state index contributed by atoms with van der Waals surface area (Å²) >= 11 is 0. The van der Waals surface area contributed by atoms with Crippen molar-refractivity contribution in [2.24, 2.45) is 0 Å². The standard InChI is InChI=1S/C31H32N4O5/c1-39-27-19-21(5-4-14-33-15-17-40-18-16-33)10-13-24(27)23-11-8-22(9-12-23)20-34-29-28(32-35(34)38)30(36)25-6-2-3-7-26(25)31(29)37/h2-3,6-13,19,32,38H,4-5,14-18,20H2,1H3/p+1. The number of methoxy groups -OCH3 is 1. The fourth-order valence-electron chi connectivity index (χ4n) is 5.61. The number of benzene rings is 3. The highest BCUT2D eigenvalue weighted by Gasteiger charge is 2.45. The number of rotatable bonds is 8. The number of fused-ring (bicyclic) bond motifs is 1. The largest absolute Gasteiger partial charge is 0.496 e. The van der Waals surface area contributed by atoms with Gasteiger partial charge in [-0.25, -0.2) is 0 Å². The fraction of sp³-hybridized carbons (Fsp3) is 0.290. The summed E-state index contributed by atoms with van der Waals surface area (Å²) in [7, 11) is 1.69. The highest BCUT2D eigenvalue weighted by atomic mass is 16.6. The molecule has 3 aliphatic rings. The molecule has 0 amide bonds. The van der Waals surface area contributed by atoms with Crippen molar-refractivity contribution in [2.45, 2.75) is 19.4 Å². The van der Waals surface area contributed by atoms with Gasteiger partial charge < -0.3 is 9.47 Å². The van der Waals surface area contributed by atoms with Gasteiger partial charge in [-0.2, -0.15) is 15.6 Å². The van der Waals surface area contributed by atoms with E-state index in [1.165, 1.54) is 10.6 Å². The van der Waals surface area contributed by atoms with E-state index >= 15 is 0 Å². The molecule has 1 saturated heterocycles. The summed E-state index contributed by atoms with van der Waals surface area (Å²) in [5.74, 6) is 0.241. The number of nitrogens with zero attached hydrogens (tertiary/aromatic N) is 2. The SMILES string of the molecule is COc1cc(CCCN2CCOCC2)ccc1-c1ccc(CN2C3=C(N[NH+]2O)C(=O)c2ccccc2C3=O)cc1. The van der Waals surface area contributed by atoms with E-state index < -0.39 is 0 Å². The Kier molecular flexibility index (Phi) is 7.36. The Labute approximate surface area is 233 Å². The number of ketones is 2. The van der Waals surface area contributed by atoms with Gasteiger partial charge in [-0.1, -0.05) is 60.7 Å². The number of carbonyl (C=O) groups is 2. The number of hydrogen-bond acceptors (Lipinski definition) is 8. The molecule has 1 aliphatic carbocycles. The summed E-state index contributed by atoms with van der Waals surface area (Å²) in [6.07, 6.45) is 2.07. The smallest absolute Gasteiger partial charge is 0.217 e. The van der Waals surface area contributed by atoms with Crippen LogP contribution in [0.15, 0.2) is 78.1 Å². The first kappa shape index (κ1) is 26.2. The summed E-state index contributed by atoms with van der Waals surface area (Å²) < 4.78 is 11.2. The summed E-state index contributed by atoms with van der Waals surface area (Å²) in [5, 5.41) is 11.9. The highest BCUT2D eigenvalue weighted by molar-refractivity contribution is 6.26. The zero-order chi connectivity index (χ0) is 27.6. The van der Waals surface area contributed by atoms with Crippen molar-refractivity contribution in [1.82, 2.24) is 15.3 Å². The van der Waals surface area contributed by atoms with E-state index in [1.807, 2.05) is 24.3 Å². The Balaban J connectivity index is 1.15. The van der Waals surface area contributed by atoms with Crippen LogP contribution in [0.1, 0.15) is 38.3 Å². The van der Waals surface area contributed by atoms with Gasteiger partial charge >= 0.3 is 0 Å². The zero-order valence-electron chi connectivity index (χ0n) is 22.5. The molecule has 2 aliphatic heterocycles. The number of quaternary nitrogens is 1. The van der Waals surface area contributed by atoms with Crippen LogP contribution in [0, 0.1) is 0 Å². The summed E-state index contributed by atoms with van der Waals surface area (Å²) in [5.41, 5.74) is 7.83. The third kappa shape index (κ3) is 5.00. The minimum absolute atomic E-state index is 0.118. The molecular weight excluding hydrogens is 508 g/mol. The molecule has 1 fully saturated rings. The van der Waals surface area contributed by atoms with Crippen molar-refractivity contribution in [3.8, 4) is 16.9 Å². The van der Waals surface area contributed by atoms with E-state index in [9.17, 15) is 14.8 Å². The van der Waals surface area contributed by atoms with Crippen LogP contribution >= 0.6 is 0 Å². The average molecular weight is 542 g/mol. The lowest BCUT2D eigenvalue weighted by atomic mass is 9.90. The minimum atomic E-state index is -0.300. The first-order valence-corrected chi connectivity index (χ1v) is 13.6. The molecule has 206 valence electrons. The van der Waals surface area contributed by atoms with Crippen molar-refractivity contribution in [3.63, 3.8) is 0 Å². The number of nitrogens with one attached hydrogen (secondary N) is 2.